The molecule has 0 amide bonds. The van der Waals surface area contributed by atoms with Gasteiger partial charge in [-0.3, -0.25) is 4.98 Å². The van der Waals surface area contributed by atoms with Gasteiger partial charge in [-0.15, -0.1) is 0 Å². The van der Waals surface area contributed by atoms with Crippen LogP contribution in [0.3, 0.4) is 0 Å². The first kappa shape index (κ1) is 11.7. The van der Waals surface area contributed by atoms with E-state index in [9.17, 15) is 0 Å². The van der Waals surface area contributed by atoms with Gasteiger partial charge in [-0.2, -0.15) is 0 Å². The molecule has 0 unspecified atom stereocenters. The summed E-state index contributed by atoms with van der Waals surface area (Å²) in [5.41, 5.74) is 3.39. The molecule has 15 heavy (non-hydrogen) atoms. The lowest BCUT2D eigenvalue weighted by atomic mass is 10.2. The van der Waals surface area contributed by atoms with Gasteiger partial charge in [-0.1, -0.05) is 12.2 Å². The van der Waals surface area contributed by atoms with Gasteiger partial charge in [0.2, 0.25) is 0 Å². The van der Waals surface area contributed by atoms with Crippen molar-refractivity contribution in [2.45, 2.75) is 13.5 Å². The molecular formula is C12H19N3. The Balaban J connectivity index is 2.75. The van der Waals surface area contributed by atoms with Gasteiger partial charge in [0, 0.05) is 32.0 Å². The number of hydrogen-bond donors (Lipinski definition) is 1. The van der Waals surface area contributed by atoms with Crippen molar-refractivity contribution >= 4 is 5.69 Å². The quantitative estimate of drug-likeness (QED) is 0.743. The molecular weight excluding hydrogens is 186 g/mol. The van der Waals surface area contributed by atoms with E-state index in [1.165, 1.54) is 5.69 Å². The smallest absolute Gasteiger partial charge is 0.0562 e. The molecule has 1 aromatic heterocycles. The van der Waals surface area contributed by atoms with Crippen molar-refractivity contribution in [1.29, 1.82) is 0 Å². The predicted molar refractivity (Wildman–Crippen MR) is 65.1 cm³/mol. The van der Waals surface area contributed by atoms with Gasteiger partial charge >= 0.3 is 0 Å². The summed E-state index contributed by atoms with van der Waals surface area (Å²) in [5.74, 6) is 0. The summed E-state index contributed by atoms with van der Waals surface area (Å²) in [5, 5.41) is 3.09. The first-order chi connectivity index (χ1) is 7.13. The summed E-state index contributed by atoms with van der Waals surface area (Å²) < 4.78 is 0. The van der Waals surface area contributed by atoms with Gasteiger partial charge in [0.15, 0.2) is 0 Å². The maximum Gasteiger partial charge on any atom is 0.0562 e. The van der Waals surface area contributed by atoms with E-state index in [1.54, 1.807) is 0 Å². The zero-order valence-electron chi connectivity index (χ0n) is 9.75. The Morgan fingerprint density at radius 2 is 2.33 bits per heavy atom. The van der Waals surface area contributed by atoms with Gasteiger partial charge in [0.1, 0.15) is 0 Å². The summed E-state index contributed by atoms with van der Waals surface area (Å²) in [6.07, 6.45) is 1.84. The zero-order valence-corrected chi connectivity index (χ0v) is 9.75. The Kier molecular flexibility index (Phi) is 4.31. The van der Waals surface area contributed by atoms with E-state index >= 15 is 0 Å². The second-order valence-corrected chi connectivity index (χ2v) is 3.85. The Hall–Kier alpha value is -1.35. The molecule has 0 saturated carbocycles. The largest absolute Gasteiger partial charge is 0.371 e. The number of hydrogen-bond acceptors (Lipinski definition) is 3. The Morgan fingerprint density at radius 3 is 2.93 bits per heavy atom. The molecule has 3 nitrogen and oxygen atoms in total. The number of pyridine rings is 1. The lowest BCUT2D eigenvalue weighted by molar-refractivity contribution is 0.789. The summed E-state index contributed by atoms with van der Waals surface area (Å²) in [6, 6.07) is 4.11. The van der Waals surface area contributed by atoms with E-state index in [0.717, 1.165) is 24.4 Å². The number of anilines is 1. The van der Waals surface area contributed by atoms with E-state index in [-0.39, 0.29) is 0 Å². The third kappa shape index (κ3) is 3.72. The van der Waals surface area contributed by atoms with E-state index in [4.69, 9.17) is 0 Å². The Bertz CT molecular complexity index is 333. The van der Waals surface area contributed by atoms with Gasteiger partial charge < -0.3 is 10.2 Å². The molecule has 0 aliphatic heterocycles. The molecule has 1 rings (SSSR count). The van der Waals surface area contributed by atoms with Crippen LogP contribution in [0.2, 0.25) is 0 Å². The van der Waals surface area contributed by atoms with Crippen LogP contribution in [0.4, 0.5) is 5.69 Å². The van der Waals surface area contributed by atoms with E-state index in [1.807, 2.05) is 26.2 Å². The molecule has 1 heterocycles. The molecule has 0 fully saturated rings. The maximum atomic E-state index is 4.28. The topological polar surface area (TPSA) is 28.2 Å². The number of likely N-dealkylation sites (N-methyl/N-ethyl adjacent to an activating group) is 1. The van der Waals surface area contributed by atoms with E-state index in [2.05, 4.69) is 34.9 Å². The average Bonchev–Trinajstić information content (AvgIpc) is 2.17. The first-order valence-corrected chi connectivity index (χ1v) is 5.08. The zero-order chi connectivity index (χ0) is 11.3. The first-order valence-electron chi connectivity index (χ1n) is 5.08. The highest BCUT2D eigenvalue weighted by Crippen LogP contribution is 2.13. The third-order valence-corrected chi connectivity index (χ3v) is 2.11. The molecule has 0 aliphatic rings. The number of nitrogens with zero attached hydrogens (tertiary/aromatic N) is 2. The second kappa shape index (κ2) is 5.51. The van der Waals surface area contributed by atoms with Crippen molar-refractivity contribution in [3.63, 3.8) is 0 Å². The van der Waals surface area contributed by atoms with Crippen LogP contribution in [-0.2, 0) is 6.54 Å². The fraction of sp³-hybridized carbons (Fsp3) is 0.417. The highest BCUT2D eigenvalue weighted by molar-refractivity contribution is 5.46. The molecule has 0 spiro atoms. The maximum absolute atomic E-state index is 4.28. The van der Waals surface area contributed by atoms with Crippen molar-refractivity contribution in [1.82, 2.24) is 10.3 Å². The third-order valence-electron chi connectivity index (χ3n) is 2.11. The van der Waals surface area contributed by atoms with Gasteiger partial charge in [-0.25, -0.2) is 0 Å². The second-order valence-electron chi connectivity index (χ2n) is 3.85. The standard InChI is InChI=1S/C12H19N3/c1-10(2)9-15(4)12-5-6-14-11(7-12)8-13-3/h5-7,13H,1,8-9H2,2-4H3. The summed E-state index contributed by atoms with van der Waals surface area (Å²) >= 11 is 0. The lowest BCUT2D eigenvalue weighted by Crippen LogP contribution is -2.19. The monoisotopic (exact) mass is 205 g/mol. The fourth-order valence-corrected chi connectivity index (χ4v) is 1.48. The molecule has 0 bridgehead atoms. The average molecular weight is 205 g/mol. The number of nitrogens with one attached hydrogen (secondary N) is 1. The van der Waals surface area contributed by atoms with Gasteiger partial charge in [0.05, 0.1) is 5.69 Å². The lowest BCUT2D eigenvalue weighted by Gasteiger charge is -2.19. The molecule has 0 aliphatic carbocycles. The predicted octanol–water partition coefficient (Wildman–Crippen LogP) is 1.81. The minimum Gasteiger partial charge on any atom is -0.371 e. The van der Waals surface area contributed by atoms with Crippen LogP contribution in [0.15, 0.2) is 30.5 Å². The molecule has 0 aromatic carbocycles. The molecule has 0 saturated heterocycles. The van der Waals surface area contributed by atoms with Crippen LogP contribution in [0.25, 0.3) is 0 Å². The number of rotatable bonds is 5. The minimum absolute atomic E-state index is 0.800. The molecule has 1 N–H and O–H groups in total. The van der Waals surface area contributed by atoms with Crippen LogP contribution < -0.4 is 10.2 Å². The summed E-state index contributed by atoms with van der Waals surface area (Å²) in [6.45, 7) is 7.62. The summed E-state index contributed by atoms with van der Waals surface area (Å²) in [4.78, 5) is 6.45. The van der Waals surface area contributed by atoms with Crippen LogP contribution in [0, 0.1) is 0 Å². The highest BCUT2D eigenvalue weighted by Gasteiger charge is 2.02. The highest BCUT2D eigenvalue weighted by atomic mass is 15.1. The molecule has 82 valence electrons. The SMILES string of the molecule is C=C(C)CN(C)c1ccnc(CNC)c1. The van der Waals surface area contributed by atoms with Crippen molar-refractivity contribution < 1.29 is 0 Å². The van der Waals surface area contributed by atoms with Crippen molar-refractivity contribution in [3.8, 4) is 0 Å². The number of aromatic nitrogens is 1. The molecule has 0 atom stereocenters. The Morgan fingerprint density at radius 1 is 1.60 bits per heavy atom. The normalized spacial score (nSPS) is 10.1. The van der Waals surface area contributed by atoms with Crippen molar-refractivity contribution in [2.24, 2.45) is 0 Å². The van der Waals surface area contributed by atoms with Crippen LogP contribution in [0.1, 0.15) is 12.6 Å². The molecule has 1 aromatic rings. The van der Waals surface area contributed by atoms with E-state index in [0.29, 0.717) is 0 Å². The van der Waals surface area contributed by atoms with Crippen LogP contribution >= 0.6 is 0 Å². The van der Waals surface area contributed by atoms with E-state index < -0.39 is 0 Å². The molecule has 0 radical (unpaired) electrons. The summed E-state index contributed by atoms with van der Waals surface area (Å²) in [7, 11) is 3.99. The van der Waals surface area contributed by atoms with Crippen molar-refractivity contribution in [3.05, 3.63) is 36.2 Å². The van der Waals surface area contributed by atoms with Crippen LogP contribution in [-0.4, -0.2) is 25.6 Å². The van der Waals surface area contributed by atoms with Gasteiger partial charge in [0.25, 0.3) is 0 Å². The van der Waals surface area contributed by atoms with Crippen molar-refractivity contribution in [2.75, 3.05) is 25.5 Å². The van der Waals surface area contributed by atoms with Gasteiger partial charge in [-0.05, 0) is 26.1 Å². The minimum atomic E-state index is 0.800. The molecule has 3 heteroatoms. The Labute approximate surface area is 91.8 Å². The fourth-order valence-electron chi connectivity index (χ4n) is 1.48. The van der Waals surface area contributed by atoms with Crippen LogP contribution in [0.5, 0.6) is 0 Å².